The smallest absolute Gasteiger partial charge is 0.123 e. The molecule has 0 saturated heterocycles. The lowest BCUT2D eigenvalue weighted by Crippen LogP contribution is -2.14. The van der Waals surface area contributed by atoms with Crippen molar-refractivity contribution in [1.29, 1.82) is 0 Å². The summed E-state index contributed by atoms with van der Waals surface area (Å²) < 4.78 is 11.8. The Kier molecular flexibility index (Phi) is 4.09. The highest BCUT2D eigenvalue weighted by Gasteiger charge is 2.15. The zero-order valence-corrected chi connectivity index (χ0v) is 12.0. The average Bonchev–Trinajstić information content (AvgIpc) is 2.76. The first kappa shape index (κ1) is 13.2. The molecule has 3 nitrogen and oxygen atoms in total. The number of methoxy groups -OCH3 is 1. The van der Waals surface area contributed by atoms with Gasteiger partial charge in [-0.2, -0.15) is 0 Å². The molecule has 0 aliphatic carbocycles. The fourth-order valence-corrected chi connectivity index (χ4v) is 2.41. The van der Waals surface area contributed by atoms with Gasteiger partial charge in [0.1, 0.15) is 11.5 Å². The van der Waals surface area contributed by atoms with Crippen LogP contribution in [-0.4, -0.2) is 7.11 Å². The Hall–Kier alpha value is -1.26. The predicted molar refractivity (Wildman–Crippen MR) is 74.8 cm³/mol. The van der Waals surface area contributed by atoms with Gasteiger partial charge < -0.3 is 14.9 Å². The molecule has 2 N–H and O–H groups in total. The van der Waals surface area contributed by atoms with Crippen molar-refractivity contribution in [2.24, 2.45) is 5.73 Å². The number of hydrogen-bond acceptors (Lipinski definition) is 3. The molecule has 1 atom stereocenters. The zero-order chi connectivity index (χ0) is 13.1. The molecule has 0 aliphatic heterocycles. The molecule has 1 unspecified atom stereocenters. The first-order valence-electron chi connectivity index (χ1n) is 5.74. The SMILES string of the molecule is COc1ccc(Br)cc1CC(N)c1occc1C. The van der Waals surface area contributed by atoms with Gasteiger partial charge in [-0.1, -0.05) is 15.9 Å². The highest BCUT2D eigenvalue weighted by atomic mass is 79.9. The molecule has 18 heavy (non-hydrogen) atoms. The van der Waals surface area contributed by atoms with Gasteiger partial charge in [0.25, 0.3) is 0 Å². The van der Waals surface area contributed by atoms with Gasteiger partial charge in [-0.25, -0.2) is 0 Å². The van der Waals surface area contributed by atoms with Crippen LogP contribution in [0.5, 0.6) is 5.75 Å². The quantitative estimate of drug-likeness (QED) is 0.938. The van der Waals surface area contributed by atoms with Crippen LogP contribution in [0, 0.1) is 6.92 Å². The molecule has 1 heterocycles. The Morgan fingerprint density at radius 3 is 2.78 bits per heavy atom. The molecule has 96 valence electrons. The Balaban J connectivity index is 2.23. The van der Waals surface area contributed by atoms with Crippen LogP contribution in [0.15, 0.2) is 39.4 Å². The monoisotopic (exact) mass is 309 g/mol. The van der Waals surface area contributed by atoms with Crippen LogP contribution in [0.3, 0.4) is 0 Å². The van der Waals surface area contributed by atoms with E-state index in [9.17, 15) is 0 Å². The summed E-state index contributed by atoms with van der Waals surface area (Å²) in [5.74, 6) is 1.68. The molecule has 0 spiro atoms. The third kappa shape index (κ3) is 2.76. The lowest BCUT2D eigenvalue weighted by Gasteiger charge is -2.13. The van der Waals surface area contributed by atoms with Crippen LogP contribution in [0.2, 0.25) is 0 Å². The summed E-state index contributed by atoms with van der Waals surface area (Å²) in [6, 6.07) is 7.67. The van der Waals surface area contributed by atoms with Crippen LogP contribution in [0.1, 0.15) is 22.9 Å². The topological polar surface area (TPSA) is 48.4 Å². The number of halogens is 1. The second kappa shape index (κ2) is 5.59. The van der Waals surface area contributed by atoms with Gasteiger partial charge in [-0.3, -0.25) is 0 Å². The summed E-state index contributed by atoms with van der Waals surface area (Å²) in [6.07, 6.45) is 2.35. The lowest BCUT2D eigenvalue weighted by molar-refractivity contribution is 0.404. The lowest BCUT2D eigenvalue weighted by atomic mass is 10.0. The van der Waals surface area contributed by atoms with Crippen molar-refractivity contribution in [3.63, 3.8) is 0 Å². The molecule has 1 aromatic carbocycles. The Morgan fingerprint density at radius 2 is 2.17 bits per heavy atom. The number of hydrogen-bond donors (Lipinski definition) is 1. The van der Waals surface area contributed by atoms with Gasteiger partial charge in [-0.05, 0) is 48.7 Å². The highest BCUT2D eigenvalue weighted by Crippen LogP contribution is 2.28. The average molecular weight is 310 g/mol. The summed E-state index contributed by atoms with van der Waals surface area (Å²) in [7, 11) is 1.66. The van der Waals surface area contributed by atoms with Crippen molar-refractivity contribution in [1.82, 2.24) is 0 Å². The van der Waals surface area contributed by atoms with Gasteiger partial charge in [0.2, 0.25) is 0 Å². The minimum absolute atomic E-state index is 0.164. The van der Waals surface area contributed by atoms with E-state index in [1.807, 2.05) is 31.2 Å². The molecule has 0 bridgehead atoms. The minimum atomic E-state index is -0.164. The molecule has 0 fully saturated rings. The molecular formula is C14H16BrNO2. The van der Waals surface area contributed by atoms with Crippen molar-refractivity contribution >= 4 is 15.9 Å². The summed E-state index contributed by atoms with van der Waals surface area (Å²) in [5, 5.41) is 0. The molecule has 2 aromatic rings. The van der Waals surface area contributed by atoms with Crippen molar-refractivity contribution in [3.05, 3.63) is 51.9 Å². The molecule has 1 aromatic heterocycles. The predicted octanol–water partition coefficient (Wildman–Crippen LogP) is 3.60. The fourth-order valence-electron chi connectivity index (χ4n) is 2.00. The molecule has 0 aliphatic rings. The van der Waals surface area contributed by atoms with Crippen molar-refractivity contribution < 1.29 is 9.15 Å². The number of ether oxygens (including phenoxy) is 1. The first-order chi connectivity index (χ1) is 8.61. The number of aryl methyl sites for hydroxylation is 1. The molecule has 4 heteroatoms. The second-order valence-electron chi connectivity index (χ2n) is 4.23. The molecule has 0 radical (unpaired) electrons. The van der Waals surface area contributed by atoms with Crippen molar-refractivity contribution in [2.45, 2.75) is 19.4 Å². The summed E-state index contributed by atoms with van der Waals surface area (Å²) >= 11 is 3.46. The standard InChI is InChI=1S/C14H16BrNO2/c1-9-5-6-18-14(9)12(16)8-10-7-11(15)3-4-13(10)17-2/h3-7,12H,8,16H2,1-2H3. The zero-order valence-electron chi connectivity index (χ0n) is 10.4. The Morgan fingerprint density at radius 1 is 1.39 bits per heavy atom. The maximum absolute atomic E-state index is 6.18. The van der Waals surface area contributed by atoms with Gasteiger partial charge >= 0.3 is 0 Å². The van der Waals surface area contributed by atoms with E-state index in [-0.39, 0.29) is 6.04 Å². The Labute approximate surface area is 115 Å². The van der Waals surface area contributed by atoms with E-state index < -0.39 is 0 Å². The van der Waals surface area contributed by atoms with E-state index in [0.717, 1.165) is 27.1 Å². The third-order valence-corrected chi connectivity index (χ3v) is 3.41. The number of benzene rings is 1. The van der Waals surface area contributed by atoms with E-state index in [0.29, 0.717) is 6.42 Å². The number of furan rings is 1. The fraction of sp³-hybridized carbons (Fsp3) is 0.286. The number of nitrogens with two attached hydrogens (primary N) is 1. The van der Waals surface area contributed by atoms with Crippen LogP contribution in [0.4, 0.5) is 0 Å². The van der Waals surface area contributed by atoms with Gasteiger partial charge in [0, 0.05) is 4.47 Å². The van der Waals surface area contributed by atoms with Gasteiger partial charge in [0.15, 0.2) is 0 Å². The molecule has 0 amide bonds. The summed E-state index contributed by atoms with van der Waals surface area (Å²) in [5.41, 5.74) is 8.33. The van der Waals surface area contributed by atoms with E-state index in [2.05, 4.69) is 15.9 Å². The molecule has 2 rings (SSSR count). The highest BCUT2D eigenvalue weighted by molar-refractivity contribution is 9.10. The van der Waals surface area contributed by atoms with Crippen molar-refractivity contribution in [3.8, 4) is 5.75 Å². The van der Waals surface area contributed by atoms with E-state index >= 15 is 0 Å². The minimum Gasteiger partial charge on any atom is -0.496 e. The molecular weight excluding hydrogens is 294 g/mol. The first-order valence-corrected chi connectivity index (χ1v) is 6.53. The normalized spacial score (nSPS) is 12.4. The van der Waals surface area contributed by atoms with E-state index in [1.165, 1.54) is 0 Å². The summed E-state index contributed by atoms with van der Waals surface area (Å²) in [6.45, 7) is 2.00. The summed E-state index contributed by atoms with van der Waals surface area (Å²) in [4.78, 5) is 0. The maximum atomic E-state index is 6.18. The van der Waals surface area contributed by atoms with Crippen LogP contribution < -0.4 is 10.5 Å². The Bertz CT molecular complexity index is 536. The van der Waals surface area contributed by atoms with Gasteiger partial charge in [0.05, 0.1) is 19.4 Å². The maximum Gasteiger partial charge on any atom is 0.123 e. The third-order valence-electron chi connectivity index (χ3n) is 2.92. The van der Waals surface area contributed by atoms with Crippen molar-refractivity contribution in [2.75, 3.05) is 7.11 Å². The number of rotatable bonds is 4. The van der Waals surface area contributed by atoms with Crippen LogP contribution >= 0.6 is 15.9 Å². The van der Waals surface area contributed by atoms with E-state index in [4.69, 9.17) is 14.9 Å². The molecule has 0 saturated carbocycles. The van der Waals surface area contributed by atoms with Crippen LogP contribution in [-0.2, 0) is 6.42 Å². The second-order valence-corrected chi connectivity index (χ2v) is 5.15. The van der Waals surface area contributed by atoms with Crippen LogP contribution in [0.25, 0.3) is 0 Å². The van der Waals surface area contributed by atoms with Gasteiger partial charge in [-0.15, -0.1) is 0 Å². The largest absolute Gasteiger partial charge is 0.496 e. The van der Waals surface area contributed by atoms with E-state index in [1.54, 1.807) is 13.4 Å².